The molecule has 6 heteroatoms. The van der Waals surface area contributed by atoms with Crippen LogP contribution in [-0.2, 0) is 9.59 Å². The number of carbonyl (C=O) groups excluding carboxylic acids is 2. The highest BCUT2D eigenvalue weighted by atomic mass is 32.2. The van der Waals surface area contributed by atoms with Gasteiger partial charge in [0.05, 0.1) is 16.2 Å². The van der Waals surface area contributed by atoms with E-state index in [4.69, 9.17) is 12.2 Å². The molecule has 2 fully saturated rings. The van der Waals surface area contributed by atoms with Gasteiger partial charge in [-0.25, -0.2) is 0 Å². The van der Waals surface area contributed by atoms with Crippen molar-refractivity contribution in [3.63, 3.8) is 0 Å². The van der Waals surface area contributed by atoms with Gasteiger partial charge in [-0.1, -0.05) is 81.2 Å². The Morgan fingerprint density at radius 1 is 1.07 bits per heavy atom. The monoisotopic (exact) mass is 414 g/mol. The van der Waals surface area contributed by atoms with Gasteiger partial charge in [-0.05, 0) is 25.3 Å². The van der Waals surface area contributed by atoms with Crippen molar-refractivity contribution in [1.82, 2.24) is 4.90 Å². The van der Waals surface area contributed by atoms with Crippen molar-refractivity contribution in [2.24, 2.45) is 0 Å². The molecule has 0 aromatic heterocycles. The summed E-state index contributed by atoms with van der Waals surface area (Å²) in [6.45, 7) is 2.85. The Labute approximate surface area is 176 Å². The van der Waals surface area contributed by atoms with Crippen LogP contribution in [-0.4, -0.2) is 33.6 Å². The number of amides is 2. The number of para-hydroxylation sites is 1. The van der Waals surface area contributed by atoms with Crippen molar-refractivity contribution in [1.29, 1.82) is 0 Å². The Balaban J connectivity index is 1.69. The first-order chi connectivity index (χ1) is 13.6. The molecule has 4 rings (SSSR count). The van der Waals surface area contributed by atoms with E-state index in [1.54, 1.807) is 4.90 Å². The molecule has 28 heavy (non-hydrogen) atoms. The van der Waals surface area contributed by atoms with E-state index in [1.165, 1.54) is 18.2 Å². The highest BCUT2D eigenvalue weighted by Crippen LogP contribution is 2.45. The van der Waals surface area contributed by atoms with Crippen LogP contribution in [0.4, 0.5) is 5.69 Å². The normalized spacial score (nSPS) is 23.1. The predicted octanol–water partition coefficient (Wildman–Crippen LogP) is 5.13. The number of hydrogen-bond acceptors (Lipinski definition) is 4. The van der Waals surface area contributed by atoms with Gasteiger partial charge in [0.15, 0.2) is 0 Å². The number of hydrogen-bond donors (Lipinski definition) is 0. The van der Waals surface area contributed by atoms with E-state index in [9.17, 15) is 9.59 Å². The second-order valence-corrected chi connectivity index (χ2v) is 9.36. The fourth-order valence-electron chi connectivity index (χ4n) is 4.43. The van der Waals surface area contributed by atoms with Crippen molar-refractivity contribution in [2.45, 2.75) is 64.3 Å². The van der Waals surface area contributed by atoms with Crippen LogP contribution in [0, 0.1) is 0 Å². The molecule has 0 N–H and O–H groups in total. The zero-order valence-electron chi connectivity index (χ0n) is 16.3. The lowest BCUT2D eigenvalue weighted by Crippen LogP contribution is -2.40. The van der Waals surface area contributed by atoms with E-state index >= 15 is 0 Å². The quantitative estimate of drug-likeness (QED) is 0.381. The average molecular weight is 415 g/mol. The van der Waals surface area contributed by atoms with E-state index in [0.717, 1.165) is 56.2 Å². The SMILES string of the molecule is CCCCCN1C(=O)/C(=C2\SC(=S)N(C3CCCCC3)C2=O)c2ccccc21. The Morgan fingerprint density at radius 3 is 2.57 bits per heavy atom. The molecule has 3 aliphatic rings. The molecule has 2 heterocycles. The standard InChI is InChI=1S/C22H26N2O2S2/c1-2-3-9-14-23-17-13-8-7-12-16(17)18(20(23)25)19-21(26)24(22(27)28-19)15-10-5-4-6-11-15/h7-8,12-13,15H,2-6,9-11,14H2,1H3/b19-18-. The number of thiocarbonyl (C=S) groups is 1. The smallest absolute Gasteiger partial charge is 0.267 e. The Morgan fingerprint density at radius 2 is 1.82 bits per heavy atom. The maximum absolute atomic E-state index is 13.3. The van der Waals surface area contributed by atoms with Crippen molar-refractivity contribution in [3.05, 3.63) is 34.7 Å². The lowest BCUT2D eigenvalue weighted by molar-refractivity contribution is -0.124. The van der Waals surface area contributed by atoms with Crippen molar-refractivity contribution in [2.75, 3.05) is 11.4 Å². The first kappa shape index (κ1) is 19.6. The molecule has 148 valence electrons. The highest BCUT2D eigenvalue weighted by molar-refractivity contribution is 8.26. The van der Waals surface area contributed by atoms with E-state index < -0.39 is 0 Å². The van der Waals surface area contributed by atoms with E-state index in [0.29, 0.717) is 21.3 Å². The van der Waals surface area contributed by atoms with Crippen molar-refractivity contribution >= 4 is 51.4 Å². The molecule has 2 aliphatic heterocycles. The molecule has 0 bridgehead atoms. The van der Waals surface area contributed by atoms with Gasteiger partial charge in [0.25, 0.3) is 11.8 Å². The third-order valence-electron chi connectivity index (χ3n) is 5.87. The highest BCUT2D eigenvalue weighted by Gasteiger charge is 2.43. The second kappa shape index (κ2) is 8.37. The molecule has 1 aromatic rings. The lowest BCUT2D eigenvalue weighted by Gasteiger charge is -2.29. The third kappa shape index (κ3) is 3.41. The molecule has 1 aromatic carbocycles. The number of nitrogens with zero attached hydrogens (tertiary/aromatic N) is 2. The molecule has 2 amide bonds. The molecule has 1 saturated heterocycles. The summed E-state index contributed by atoms with van der Waals surface area (Å²) in [5.41, 5.74) is 2.33. The summed E-state index contributed by atoms with van der Waals surface area (Å²) < 4.78 is 0.606. The molecule has 0 unspecified atom stereocenters. The van der Waals surface area contributed by atoms with Gasteiger partial charge in [-0.15, -0.1) is 0 Å². The third-order valence-corrected chi connectivity index (χ3v) is 7.28. The number of benzene rings is 1. The summed E-state index contributed by atoms with van der Waals surface area (Å²) >= 11 is 6.88. The van der Waals surface area contributed by atoms with Gasteiger partial charge in [0, 0.05) is 18.2 Å². The van der Waals surface area contributed by atoms with E-state index in [-0.39, 0.29) is 17.9 Å². The van der Waals surface area contributed by atoms with Gasteiger partial charge in [-0.2, -0.15) is 0 Å². The van der Waals surface area contributed by atoms with E-state index in [2.05, 4.69) is 6.92 Å². The molecule has 0 radical (unpaired) electrons. The van der Waals surface area contributed by atoms with Crippen LogP contribution in [0.15, 0.2) is 29.2 Å². The Kier molecular flexibility index (Phi) is 5.88. The molecule has 1 saturated carbocycles. The molecular formula is C22H26N2O2S2. The molecule has 1 aliphatic carbocycles. The summed E-state index contributed by atoms with van der Waals surface area (Å²) in [6, 6.07) is 8.01. The summed E-state index contributed by atoms with van der Waals surface area (Å²) in [5, 5.41) is 0. The van der Waals surface area contributed by atoms with Gasteiger partial charge < -0.3 is 4.90 Å². The predicted molar refractivity (Wildman–Crippen MR) is 119 cm³/mol. The van der Waals surface area contributed by atoms with Gasteiger partial charge in [0.1, 0.15) is 4.32 Å². The topological polar surface area (TPSA) is 40.6 Å². The van der Waals surface area contributed by atoms with Gasteiger partial charge in [-0.3, -0.25) is 14.5 Å². The Bertz CT molecular complexity index is 843. The van der Waals surface area contributed by atoms with Crippen LogP contribution in [0.5, 0.6) is 0 Å². The summed E-state index contributed by atoms with van der Waals surface area (Å²) in [6.07, 6.45) is 8.67. The second-order valence-electron chi connectivity index (χ2n) is 7.72. The van der Waals surface area contributed by atoms with Gasteiger partial charge in [0.2, 0.25) is 0 Å². The van der Waals surface area contributed by atoms with E-state index in [1.807, 2.05) is 29.2 Å². The number of fused-ring (bicyclic) bond motifs is 1. The number of carbonyl (C=O) groups is 2. The van der Waals surface area contributed by atoms with Crippen LogP contribution in [0.25, 0.3) is 5.57 Å². The fraction of sp³-hybridized carbons (Fsp3) is 0.500. The molecular weight excluding hydrogens is 388 g/mol. The minimum atomic E-state index is -0.0736. The summed E-state index contributed by atoms with van der Waals surface area (Å²) in [4.78, 5) is 30.8. The maximum Gasteiger partial charge on any atom is 0.267 e. The van der Waals surface area contributed by atoms with Crippen LogP contribution < -0.4 is 4.90 Å². The molecule has 4 nitrogen and oxygen atoms in total. The summed E-state index contributed by atoms with van der Waals surface area (Å²) in [5.74, 6) is -0.128. The van der Waals surface area contributed by atoms with Gasteiger partial charge >= 0.3 is 0 Å². The first-order valence-electron chi connectivity index (χ1n) is 10.3. The molecule has 0 spiro atoms. The maximum atomic E-state index is 13.3. The zero-order chi connectivity index (χ0) is 19.7. The lowest BCUT2D eigenvalue weighted by atomic mass is 9.94. The largest absolute Gasteiger partial charge is 0.308 e. The molecule has 0 atom stereocenters. The van der Waals surface area contributed by atoms with Crippen molar-refractivity contribution < 1.29 is 9.59 Å². The van der Waals surface area contributed by atoms with Crippen LogP contribution >= 0.6 is 24.0 Å². The minimum absolute atomic E-state index is 0.0542. The number of rotatable bonds is 5. The number of thioether (sulfide) groups is 1. The minimum Gasteiger partial charge on any atom is -0.308 e. The van der Waals surface area contributed by atoms with Crippen molar-refractivity contribution in [3.8, 4) is 0 Å². The van der Waals surface area contributed by atoms with Crippen LogP contribution in [0.1, 0.15) is 63.9 Å². The first-order valence-corrected chi connectivity index (χ1v) is 11.6. The van der Waals surface area contributed by atoms with Crippen LogP contribution in [0.3, 0.4) is 0 Å². The Hall–Kier alpha value is -1.66. The van der Waals surface area contributed by atoms with Crippen LogP contribution in [0.2, 0.25) is 0 Å². The average Bonchev–Trinajstić information content (AvgIpc) is 3.15. The zero-order valence-corrected chi connectivity index (χ0v) is 17.9. The number of unbranched alkanes of at least 4 members (excludes halogenated alkanes) is 2. The summed E-state index contributed by atoms with van der Waals surface area (Å²) in [7, 11) is 0. The fourth-order valence-corrected chi connectivity index (χ4v) is 5.90. The number of anilines is 1.